The number of benzene rings is 1. The Morgan fingerprint density at radius 1 is 1.28 bits per heavy atom. The third-order valence-corrected chi connectivity index (χ3v) is 3.16. The van der Waals surface area contributed by atoms with Crippen molar-refractivity contribution in [3.8, 4) is 0 Å². The van der Waals surface area contributed by atoms with Crippen LogP contribution < -0.4 is 0 Å². The van der Waals surface area contributed by atoms with Crippen LogP contribution in [0.1, 0.15) is 21.5 Å². The highest BCUT2D eigenvalue weighted by Gasteiger charge is 2.28. The maximum Gasteiger partial charge on any atom is 0.411 e. The van der Waals surface area contributed by atoms with E-state index in [2.05, 4.69) is 20.7 Å². The number of Topliss-reactive ketones (excluding diaryl/α,β-unsaturated/α-hetero) is 1. The van der Waals surface area contributed by atoms with Gasteiger partial charge in [0.2, 0.25) is 0 Å². The molecule has 0 radical (unpaired) electrons. The number of ether oxygens (including phenoxy) is 1. The normalized spacial score (nSPS) is 11.7. The molecule has 0 bridgehead atoms. The van der Waals surface area contributed by atoms with Crippen LogP contribution in [0.25, 0.3) is 0 Å². The molecule has 0 aliphatic rings. The molecule has 0 saturated carbocycles. The molecule has 0 atom stereocenters. The zero-order chi connectivity index (χ0) is 13.9. The van der Waals surface area contributed by atoms with Crippen LogP contribution in [0.3, 0.4) is 0 Å². The first-order valence-electron chi connectivity index (χ1n) is 5.15. The summed E-state index contributed by atoms with van der Waals surface area (Å²) in [6, 6.07) is 3.39. The third-order valence-electron chi connectivity index (χ3n) is 2.30. The summed E-state index contributed by atoms with van der Waals surface area (Å²) >= 11 is 3.32. The lowest BCUT2D eigenvalue weighted by Gasteiger charge is -2.10. The first-order valence-corrected chi connectivity index (χ1v) is 5.94. The minimum Gasteiger partial charge on any atom is -0.364 e. The van der Waals surface area contributed by atoms with Crippen LogP contribution >= 0.6 is 15.9 Å². The Morgan fingerprint density at radius 2 is 1.89 bits per heavy atom. The molecular formula is C12H12BrF3O2. The molecule has 0 aromatic heterocycles. The van der Waals surface area contributed by atoms with Gasteiger partial charge in [-0.15, -0.1) is 0 Å². The fourth-order valence-corrected chi connectivity index (χ4v) is 1.88. The van der Waals surface area contributed by atoms with Crippen LogP contribution in [-0.4, -0.2) is 25.2 Å². The standard InChI is InChI=1S/C12H12BrF3O2/c1-7-4-10(13)8(2)3-9(7)11(17)5-18-6-12(14,15)16/h3-4H,5-6H2,1-2H3. The number of ketones is 1. The number of aryl methyl sites for hydroxylation is 2. The molecule has 100 valence electrons. The van der Waals surface area contributed by atoms with E-state index in [1.165, 1.54) is 0 Å². The van der Waals surface area contributed by atoms with Gasteiger partial charge in [-0.25, -0.2) is 0 Å². The molecule has 0 fully saturated rings. The Morgan fingerprint density at radius 3 is 2.44 bits per heavy atom. The Bertz CT molecular complexity index is 455. The molecular weight excluding hydrogens is 313 g/mol. The number of alkyl halides is 3. The number of rotatable bonds is 4. The van der Waals surface area contributed by atoms with Crippen LogP contribution in [0.5, 0.6) is 0 Å². The van der Waals surface area contributed by atoms with Gasteiger partial charge in [0.25, 0.3) is 0 Å². The smallest absolute Gasteiger partial charge is 0.364 e. The summed E-state index contributed by atoms with van der Waals surface area (Å²) in [7, 11) is 0. The van der Waals surface area contributed by atoms with Crippen molar-refractivity contribution in [2.24, 2.45) is 0 Å². The molecule has 0 saturated heterocycles. The van der Waals surface area contributed by atoms with Crippen LogP contribution in [0.2, 0.25) is 0 Å². The second kappa shape index (κ2) is 5.84. The van der Waals surface area contributed by atoms with Gasteiger partial charge in [0.1, 0.15) is 13.2 Å². The SMILES string of the molecule is Cc1cc(C(=O)COCC(F)(F)F)c(C)cc1Br. The van der Waals surface area contributed by atoms with E-state index < -0.39 is 25.2 Å². The fraction of sp³-hybridized carbons (Fsp3) is 0.417. The van der Waals surface area contributed by atoms with Crippen LogP contribution in [0, 0.1) is 13.8 Å². The highest BCUT2D eigenvalue weighted by atomic mass is 79.9. The summed E-state index contributed by atoms with van der Waals surface area (Å²) in [5.74, 6) is -0.452. The molecule has 2 nitrogen and oxygen atoms in total. The predicted octanol–water partition coefficient (Wildman–Crippen LogP) is 3.83. The van der Waals surface area contributed by atoms with Crippen LogP contribution in [0.4, 0.5) is 13.2 Å². The van der Waals surface area contributed by atoms with E-state index in [9.17, 15) is 18.0 Å². The molecule has 0 amide bonds. The molecule has 0 unspecified atom stereocenters. The van der Waals surface area contributed by atoms with Crippen LogP contribution in [0.15, 0.2) is 16.6 Å². The van der Waals surface area contributed by atoms with Crippen molar-refractivity contribution in [3.63, 3.8) is 0 Å². The minimum atomic E-state index is -4.41. The first-order chi connectivity index (χ1) is 8.20. The van der Waals surface area contributed by atoms with Crippen molar-refractivity contribution >= 4 is 21.7 Å². The number of hydrogen-bond donors (Lipinski definition) is 0. The minimum absolute atomic E-state index is 0.387. The third kappa shape index (κ3) is 4.42. The molecule has 1 aromatic carbocycles. The van der Waals surface area contributed by atoms with E-state index in [4.69, 9.17) is 0 Å². The van der Waals surface area contributed by atoms with E-state index in [1.807, 2.05) is 0 Å². The second-order valence-electron chi connectivity index (χ2n) is 3.95. The monoisotopic (exact) mass is 324 g/mol. The summed E-state index contributed by atoms with van der Waals surface area (Å²) in [5.41, 5.74) is 1.94. The van der Waals surface area contributed by atoms with E-state index in [0.29, 0.717) is 11.1 Å². The van der Waals surface area contributed by atoms with Gasteiger partial charge in [-0.2, -0.15) is 13.2 Å². The largest absolute Gasteiger partial charge is 0.411 e. The maximum absolute atomic E-state index is 11.9. The summed E-state index contributed by atoms with van der Waals surface area (Å²) in [4.78, 5) is 11.7. The Balaban J connectivity index is 2.70. The number of carbonyl (C=O) groups is 1. The molecule has 0 spiro atoms. The topological polar surface area (TPSA) is 26.3 Å². The van der Waals surface area contributed by atoms with Crippen molar-refractivity contribution < 1.29 is 22.7 Å². The fourth-order valence-electron chi connectivity index (χ4n) is 1.42. The quantitative estimate of drug-likeness (QED) is 0.787. The van der Waals surface area contributed by atoms with Crippen molar-refractivity contribution in [1.82, 2.24) is 0 Å². The molecule has 1 rings (SSSR count). The van der Waals surface area contributed by atoms with Crippen molar-refractivity contribution in [1.29, 1.82) is 0 Å². The summed E-state index contributed by atoms with van der Waals surface area (Å²) in [6.45, 7) is 1.55. The van der Waals surface area contributed by atoms with Crippen molar-refractivity contribution in [3.05, 3.63) is 33.3 Å². The molecule has 0 aliphatic heterocycles. The summed E-state index contributed by atoms with van der Waals surface area (Å²) < 4.78 is 40.8. The van der Waals surface area contributed by atoms with E-state index >= 15 is 0 Å². The Hall–Kier alpha value is -0.880. The van der Waals surface area contributed by atoms with Crippen LogP contribution in [-0.2, 0) is 4.74 Å². The Labute approximate surface area is 111 Å². The molecule has 0 heterocycles. The number of hydrogen-bond acceptors (Lipinski definition) is 2. The van der Waals surface area contributed by atoms with Gasteiger partial charge in [-0.05, 0) is 37.1 Å². The van der Waals surface area contributed by atoms with Gasteiger partial charge in [-0.3, -0.25) is 4.79 Å². The molecule has 1 aromatic rings. The van der Waals surface area contributed by atoms with Crippen molar-refractivity contribution in [2.45, 2.75) is 20.0 Å². The average molecular weight is 325 g/mol. The lowest BCUT2D eigenvalue weighted by atomic mass is 10.0. The zero-order valence-corrected chi connectivity index (χ0v) is 11.5. The predicted molar refractivity (Wildman–Crippen MR) is 64.8 cm³/mol. The van der Waals surface area contributed by atoms with Gasteiger partial charge in [0, 0.05) is 10.0 Å². The van der Waals surface area contributed by atoms with Gasteiger partial charge in [0.15, 0.2) is 5.78 Å². The molecule has 0 N–H and O–H groups in total. The van der Waals surface area contributed by atoms with E-state index in [1.54, 1.807) is 26.0 Å². The van der Waals surface area contributed by atoms with Gasteiger partial charge < -0.3 is 4.74 Å². The van der Waals surface area contributed by atoms with E-state index in [-0.39, 0.29) is 0 Å². The lowest BCUT2D eigenvalue weighted by molar-refractivity contribution is -0.170. The van der Waals surface area contributed by atoms with Gasteiger partial charge in [-0.1, -0.05) is 15.9 Å². The second-order valence-corrected chi connectivity index (χ2v) is 4.80. The molecule has 0 aliphatic carbocycles. The van der Waals surface area contributed by atoms with Gasteiger partial charge in [0.05, 0.1) is 0 Å². The summed E-state index contributed by atoms with van der Waals surface area (Å²) in [6.07, 6.45) is -4.41. The number of halogens is 4. The molecule has 6 heteroatoms. The highest BCUT2D eigenvalue weighted by Crippen LogP contribution is 2.21. The number of carbonyl (C=O) groups excluding carboxylic acids is 1. The Kier molecular flexibility index (Phi) is 4.92. The zero-order valence-electron chi connectivity index (χ0n) is 9.90. The van der Waals surface area contributed by atoms with E-state index in [0.717, 1.165) is 10.0 Å². The maximum atomic E-state index is 11.9. The highest BCUT2D eigenvalue weighted by molar-refractivity contribution is 9.10. The average Bonchev–Trinajstić information content (AvgIpc) is 2.21. The van der Waals surface area contributed by atoms with Gasteiger partial charge >= 0.3 is 6.18 Å². The summed E-state index contributed by atoms with van der Waals surface area (Å²) in [5, 5.41) is 0. The molecule has 18 heavy (non-hydrogen) atoms. The van der Waals surface area contributed by atoms with Crippen molar-refractivity contribution in [2.75, 3.05) is 13.2 Å². The lowest BCUT2D eigenvalue weighted by Crippen LogP contribution is -2.20. The first kappa shape index (κ1) is 15.2.